The zero-order chi connectivity index (χ0) is 27.2. The Hall–Kier alpha value is -5.31. The number of amidine groups is 2. The van der Waals surface area contributed by atoms with Crippen LogP contribution in [0, 0.1) is 12.7 Å². The van der Waals surface area contributed by atoms with Crippen molar-refractivity contribution in [2.45, 2.75) is 13.0 Å². The standard InChI is InChI=1S/C31H24FN7O/c1-19-27-28(20-13-15-21(32)16-14-20)38-25-11-4-3-10-24(25)35-29(34-22-8-7-9-23(18-22)40-2)31(38)36-30(27)39(37-19)26-12-5-6-17-33-26/h3-18,28H,1-2H3,(H,34,35). The van der Waals surface area contributed by atoms with Crippen LogP contribution in [0.15, 0.2) is 107 Å². The van der Waals surface area contributed by atoms with E-state index in [1.807, 2.05) is 85.8 Å². The maximum absolute atomic E-state index is 14.1. The molecule has 40 heavy (non-hydrogen) atoms. The number of rotatable bonds is 4. The van der Waals surface area contributed by atoms with Gasteiger partial charge >= 0.3 is 0 Å². The molecule has 2 aliphatic rings. The van der Waals surface area contributed by atoms with Crippen LogP contribution >= 0.6 is 0 Å². The fourth-order valence-electron chi connectivity index (χ4n) is 5.23. The predicted molar refractivity (Wildman–Crippen MR) is 154 cm³/mol. The molecule has 1 atom stereocenters. The van der Waals surface area contributed by atoms with Crippen molar-refractivity contribution in [2.24, 2.45) is 9.98 Å². The van der Waals surface area contributed by atoms with Crippen molar-refractivity contribution in [1.82, 2.24) is 14.8 Å². The van der Waals surface area contributed by atoms with Crippen molar-refractivity contribution in [2.75, 3.05) is 17.3 Å². The van der Waals surface area contributed by atoms with E-state index in [-0.39, 0.29) is 11.9 Å². The van der Waals surface area contributed by atoms with E-state index in [1.54, 1.807) is 18.0 Å². The van der Waals surface area contributed by atoms with Crippen molar-refractivity contribution in [1.29, 1.82) is 0 Å². The number of halogens is 1. The minimum Gasteiger partial charge on any atom is -0.497 e. The van der Waals surface area contributed by atoms with Gasteiger partial charge in [-0.25, -0.2) is 19.4 Å². The lowest BCUT2D eigenvalue weighted by molar-refractivity contribution is 0.415. The fraction of sp³-hybridized carbons (Fsp3) is 0.0968. The van der Waals surface area contributed by atoms with Crippen molar-refractivity contribution in [3.8, 4) is 11.6 Å². The van der Waals surface area contributed by atoms with Gasteiger partial charge in [-0.2, -0.15) is 9.78 Å². The monoisotopic (exact) mass is 529 g/mol. The third-order valence-electron chi connectivity index (χ3n) is 7.02. The van der Waals surface area contributed by atoms with E-state index in [0.717, 1.165) is 39.6 Å². The molecular formula is C31H24FN7O. The van der Waals surface area contributed by atoms with Crippen LogP contribution in [0.25, 0.3) is 5.82 Å². The summed E-state index contributed by atoms with van der Waals surface area (Å²) in [6.45, 7) is 1.97. The number of benzene rings is 3. The highest BCUT2D eigenvalue weighted by Gasteiger charge is 2.41. The summed E-state index contributed by atoms with van der Waals surface area (Å²) in [5.41, 5.74) is 5.10. The van der Waals surface area contributed by atoms with Gasteiger partial charge in [0.15, 0.2) is 23.3 Å². The Morgan fingerprint density at radius 3 is 2.52 bits per heavy atom. The number of pyridine rings is 1. The molecule has 2 aromatic heterocycles. The SMILES string of the molecule is COc1cccc(NC2=Nc3ccccc3N3C2=Nc2c(c(C)nn2-c2ccccn2)C3c2ccc(F)cc2)c1. The molecule has 0 radical (unpaired) electrons. The first-order valence-corrected chi connectivity index (χ1v) is 12.8. The topological polar surface area (TPSA) is 79.9 Å². The largest absolute Gasteiger partial charge is 0.497 e. The number of aliphatic imine (C=N–C) groups is 2. The molecule has 0 saturated heterocycles. The van der Waals surface area contributed by atoms with E-state index in [9.17, 15) is 4.39 Å². The average molecular weight is 530 g/mol. The summed E-state index contributed by atoms with van der Waals surface area (Å²) < 4.78 is 21.3. The third kappa shape index (κ3) is 3.90. The summed E-state index contributed by atoms with van der Waals surface area (Å²) >= 11 is 0. The lowest BCUT2D eigenvalue weighted by atomic mass is 9.93. The Bertz CT molecular complexity index is 1790. The van der Waals surface area contributed by atoms with Crippen molar-refractivity contribution in [3.05, 3.63) is 120 Å². The van der Waals surface area contributed by atoms with Crippen LogP contribution in [0.3, 0.4) is 0 Å². The highest BCUT2D eigenvalue weighted by atomic mass is 19.1. The number of anilines is 2. The van der Waals surface area contributed by atoms with Gasteiger partial charge in [-0.1, -0.05) is 36.4 Å². The average Bonchev–Trinajstić information content (AvgIpc) is 3.33. The van der Waals surface area contributed by atoms with Gasteiger partial charge < -0.3 is 15.0 Å². The zero-order valence-electron chi connectivity index (χ0n) is 21.8. The molecule has 1 unspecified atom stereocenters. The highest BCUT2D eigenvalue weighted by molar-refractivity contribution is 6.51. The van der Waals surface area contributed by atoms with Crippen LogP contribution in [0.4, 0.5) is 27.3 Å². The van der Waals surface area contributed by atoms with Crippen molar-refractivity contribution >= 4 is 34.6 Å². The lowest BCUT2D eigenvalue weighted by Gasteiger charge is -2.40. The Labute approximate surface area is 230 Å². The van der Waals surface area contributed by atoms with Crippen LogP contribution < -0.4 is 15.0 Å². The maximum atomic E-state index is 14.1. The molecule has 3 aromatic carbocycles. The van der Waals surface area contributed by atoms with E-state index < -0.39 is 0 Å². The Morgan fingerprint density at radius 1 is 0.900 bits per heavy atom. The summed E-state index contributed by atoms with van der Waals surface area (Å²) in [6, 6.07) is 27.5. The molecular weight excluding hydrogens is 505 g/mol. The Kier molecular flexibility index (Phi) is 5.62. The minimum atomic E-state index is -0.348. The minimum absolute atomic E-state index is 0.296. The molecule has 0 fully saturated rings. The van der Waals surface area contributed by atoms with Crippen LogP contribution in [0.5, 0.6) is 5.75 Å². The summed E-state index contributed by atoms with van der Waals surface area (Å²) in [6.07, 6.45) is 1.73. The van der Waals surface area contributed by atoms with Crippen LogP contribution in [-0.4, -0.2) is 33.5 Å². The first-order valence-electron chi connectivity index (χ1n) is 12.8. The van der Waals surface area contributed by atoms with Gasteiger partial charge in [0.2, 0.25) is 0 Å². The number of nitrogens with one attached hydrogen (secondary N) is 1. The van der Waals surface area contributed by atoms with E-state index in [4.69, 9.17) is 19.8 Å². The van der Waals surface area contributed by atoms with Gasteiger partial charge in [0.25, 0.3) is 0 Å². The van der Waals surface area contributed by atoms with Gasteiger partial charge in [-0.15, -0.1) is 0 Å². The van der Waals surface area contributed by atoms with E-state index in [1.165, 1.54) is 12.1 Å². The van der Waals surface area contributed by atoms with Gasteiger partial charge in [0, 0.05) is 23.5 Å². The second kappa shape index (κ2) is 9.46. The molecule has 0 saturated carbocycles. The number of aromatic nitrogens is 3. The summed E-state index contributed by atoms with van der Waals surface area (Å²) in [7, 11) is 1.64. The van der Waals surface area contributed by atoms with Crippen LogP contribution in [-0.2, 0) is 0 Å². The number of hydrogen-bond donors (Lipinski definition) is 1. The molecule has 1 N–H and O–H groups in total. The summed E-state index contributed by atoms with van der Waals surface area (Å²) in [4.78, 5) is 16.9. The van der Waals surface area contributed by atoms with Gasteiger partial charge in [0.05, 0.1) is 30.2 Å². The molecule has 9 heteroatoms. The molecule has 0 amide bonds. The molecule has 0 bridgehead atoms. The maximum Gasteiger partial charge on any atom is 0.179 e. The molecule has 0 aliphatic carbocycles. The van der Waals surface area contributed by atoms with Crippen molar-refractivity contribution in [3.63, 3.8) is 0 Å². The Balaban J connectivity index is 1.48. The number of ether oxygens (including phenoxy) is 1. The number of nitrogens with zero attached hydrogens (tertiary/aromatic N) is 6. The number of para-hydroxylation sites is 2. The second-order valence-electron chi connectivity index (χ2n) is 9.49. The second-order valence-corrected chi connectivity index (χ2v) is 9.49. The molecule has 0 spiro atoms. The normalized spacial score (nSPS) is 15.4. The number of methoxy groups -OCH3 is 1. The molecule has 196 valence electrons. The molecule has 2 aliphatic heterocycles. The highest BCUT2D eigenvalue weighted by Crippen LogP contribution is 2.48. The fourth-order valence-corrected chi connectivity index (χ4v) is 5.23. The Morgan fingerprint density at radius 2 is 1.73 bits per heavy atom. The molecule has 7 rings (SSSR count). The van der Waals surface area contributed by atoms with Crippen molar-refractivity contribution < 1.29 is 9.13 Å². The third-order valence-corrected chi connectivity index (χ3v) is 7.02. The van der Waals surface area contributed by atoms with E-state index in [2.05, 4.69) is 15.2 Å². The first kappa shape index (κ1) is 23.8. The summed E-state index contributed by atoms with van der Waals surface area (Å²) in [5.74, 6) is 2.90. The first-order chi connectivity index (χ1) is 19.6. The van der Waals surface area contributed by atoms with Crippen LogP contribution in [0.1, 0.15) is 22.9 Å². The van der Waals surface area contributed by atoms with Gasteiger partial charge in [0.1, 0.15) is 11.6 Å². The number of hydrogen-bond acceptors (Lipinski definition) is 7. The zero-order valence-corrected chi connectivity index (χ0v) is 21.8. The quantitative estimate of drug-likeness (QED) is 0.287. The van der Waals surface area contributed by atoms with Crippen LogP contribution in [0.2, 0.25) is 0 Å². The molecule has 8 nitrogen and oxygen atoms in total. The molecule has 4 heterocycles. The smallest absolute Gasteiger partial charge is 0.179 e. The number of aryl methyl sites for hydroxylation is 1. The predicted octanol–water partition coefficient (Wildman–Crippen LogP) is 6.52. The summed E-state index contributed by atoms with van der Waals surface area (Å²) in [5, 5.41) is 8.34. The molecule has 5 aromatic rings. The van der Waals surface area contributed by atoms with Gasteiger partial charge in [-0.3, -0.25) is 0 Å². The van der Waals surface area contributed by atoms with E-state index in [0.29, 0.717) is 23.3 Å². The van der Waals surface area contributed by atoms with E-state index >= 15 is 0 Å². The number of fused-ring (bicyclic) bond motifs is 4. The lowest BCUT2D eigenvalue weighted by Crippen LogP contribution is -2.46. The van der Waals surface area contributed by atoms with Gasteiger partial charge in [-0.05, 0) is 61.0 Å².